The lowest BCUT2D eigenvalue weighted by molar-refractivity contribution is -0.187. The standard InChI is InChI=1S/C52H50N2O8/c55-49(53(33-13-19-37-15-5-1-6-16-37)35-39-25-29-43(30-26-39)61-41-21-9-3-10-22-41)45-47(51(57)58)46(48(45)52(59)60)50(56)54(34-14-20-38-17-7-2-8-18-38)36-40-27-31-44(32-28-40)62-42-23-11-4-12-24-42/h1-12,15-18,21-32,45-48H,13-14,19-20,33-36H2,(H,57,58)(H,59,60). The zero-order chi connectivity index (χ0) is 43.3. The van der Waals surface area contributed by atoms with E-state index < -0.39 is 47.4 Å². The first-order valence-corrected chi connectivity index (χ1v) is 21.0. The van der Waals surface area contributed by atoms with Crippen molar-refractivity contribution >= 4 is 23.8 Å². The van der Waals surface area contributed by atoms with Crippen LogP contribution >= 0.6 is 0 Å². The fraction of sp³-hybridized carbons (Fsp3) is 0.231. The molecule has 0 atom stereocenters. The Balaban J connectivity index is 1.12. The average molecular weight is 831 g/mol. The molecule has 1 aliphatic rings. The van der Waals surface area contributed by atoms with E-state index in [9.17, 15) is 29.4 Å². The van der Waals surface area contributed by atoms with Crippen LogP contribution in [-0.4, -0.2) is 56.9 Å². The van der Waals surface area contributed by atoms with Crippen molar-refractivity contribution in [3.63, 3.8) is 0 Å². The van der Waals surface area contributed by atoms with Crippen molar-refractivity contribution in [3.8, 4) is 23.0 Å². The fourth-order valence-corrected chi connectivity index (χ4v) is 8.19. The van der Waals surface area contributed by atoms with Crippen molar-refractivity contribution in [2.75, 3.05) is 13.1 Å². The molecule has 1 saturated carbocycles. The number of carbonyl (C=O) groups excluding carboxylic acids is 2. The first-order valence-electron chi connectivity index (χ1n) is 21.0. The highest BCUT2D eigenvalue weighted by atomic mass is 16.5. The van der Waals surface area contributed by atoms with Gasteiger partial charge in [0.25, 0.3) is 0 Å². The van der Waals surface area contributed by atoms with E-state index in [1.807, 2.05) is 146 Å². The Kier molecular flexibility index (Phi) is 14.4. The van der Waals surface area contributed by atoms with E-state index in [2.05, 4.69) is 0 Å². The van der Waals surface area contributed by atoms with Crippen LogP contribution < -0.4 is 9.47 Å². The summed E-state index contributed by atoms with van der Waals surface area (Å²) in [6.07, 6.45) is 2.42. The first-order chi connectivity index (χ1) is 30.2. The lowest BCUT2D eigenvalue weighted by Crippen LogP contribution is -2.64. The number of ether oxygens (including phenoxy) is 2. The molecule has 316 valence electrons. The van der Waals surface area contributed by atoms with Crippen LogP contribution in [0.2, 0.25) is 0 Å². The molecule has 0 spiro atoms. The summed E-state index contributed by atoms with van der Waals surface area (Å²) in [6.45, 7) is 0.726. The van der Waals surface area contributed by atoms with Gasteiger partial charge in [-0.1, -0.05) is 121 Å². The Morgan fingerprint density at radius 2 is 0.694 bits per heavy atom. The summed E-state index contributed by atoms with van der Waals surface area (Å²) in [5.74, 6) is -7.37. The van der Waals surface area contributed by atoms with Crippen molar-refractivity contribution in [1.82, 2.24) is 9.80 Å². The highest BCUT2D eigenvalue weighted by Gasteiger charge is 2.64. The molecule has 10 nitrogen and oxygen atoms in total. The molecule has 0 radical (unpaired) electrons. The Labute approximate surface area is 362 Å². The molecule has 0 heterocycles. The van der Waals surface area contributed by atoms with E-state index in [0.29, 0.717) is 48.7 Å². The molecule has 6 aromatic carbocycles. The van der Waals surface area contributed by atoms with Crippen LogP contribution in [0.4, 0.5) is 0 Å². The molecule has 0 aliphatic heterocycles. The Morgan fingerprint density at radius 3 is 1.02 bits per heavy atom. The van der Waals surface area contributed by atoms with Gasteiger partial charge in [0.1, 0.15) is 23.0 Å². The predicted octanol–water partition coefficient (Wildman–Crippen LogP) is 9.54. The zero-order valence-corrected chi connectivity index (χ0v) is 34.4. The SMILES string of the molecule is O=C(O)C1C(C(=O)N(CCCc2ccccc2)Cc2ccc(Oc3ccccc3)cc2)C(C(=O)O)C1C(=O)N(CCCc1ccccc1)Cc1ccc(Oc2ccccc2)cc1. The molecule has 2 N–H and O–H groups in total. The van der Waals surface area contributed by atoms with Gasteiger partial charge in [0.2, 0.25) is 11.8 Å². The van der Waals surface area contributed by atoms with Gasteiger partial charge in [-0.25, -0.2) is 0 Å². The minimum Gasteiger partial charge on any atom is -0.481 e. The van der Waals surface area contributed by atoms with Crippen LogP contribution in [0.1, 0.15) is 35.1 Å². The largest absolute Gasteiger partial charge is 0.481 e. The predicted molar refractivity (Wildman–Crippen MR) is 236 cm³/mol. The minimum absolute atomic E-state index is 0.114. The minimum atomic E-state index is -1.53. The van der Waals surface area contributed by atoms with Crippen LogP contribution in [0.15, 0.2) is 170 Å². The number of carboxylic acid groups (broad SMARTS) is 2. The Bertz CT molecular complexity index is 2200. The van der Waals surface area contributed by atoms with Crippen molar-refractivity contribution in [2.45, 2.75) is 38.8 Å². The monoisotopic (exact) mass is 830 g/mol. The fourth-order valence-electron chi connectivity index (χ4n) is 8.19. The molecule has 2 amide bonds. The van der Waals surface area contributed by atoms with Gasteiger partial charge in [-0.05, 0) is 96.5 Å². The van der Waals surface area contributed by atoms with E-state index >= 15 is 0 Å². The summed E-state index contributed by atoms with van der Waals surface area (Å²) >= 11 is 0. The lowest BCUT2D eigenvalue weighted by Gasteiger charge is -2.48. The molecule has 10 heteroatoms. The highest BCUT2D eigenvalue weighted by molar-refractivity contribution is 5.99. The van der Waals surface area contributed by atoms with Crippen molar-refractivity contribution < 1.29 is 38.9 Å². The molecular formula is C52H50N2O8. The van der Waals surface area contributed by atoms with Crippen LogP contribution in [0.3, 0.4) is 0 Å². The smallest absolute Gasteiger partial charge is 0.308 e. The second-order valence-corrected chi connectivity index (χ2v) is 15.6. The number of carbonyl (C=O) groups is 4. The maximum absolute atomic E-state index is 14.7. The third-order valence-electron chi connectivity index (χ3n) is 11.3. The van der Waals surface area contributed by atoms with E-state index in [1.54, 1.807) is 34.1 Å². The average Bonchev–Trinajstić information content (AvgIpc) is 3.27. The quantitative estimate of drug-likeness (QED) is 0.0778. The molecular weight excluding hydrogens is 781 g/mol. The molecule has 6 aromatic rings. The molecule has 1 fully saturated rings. The highest BCUT2D eigenvalue weighted by Crippen LogP contribution is 2.49. The number of amides is 2. The normalized spacial score (nSPS) is 16.6. The summed E-state index contributed by atoms with van der Waals surface area (Å²) < 4.78 is 11.9. The number of hydrogen-bond acceptors (Lipinski definition) is 6. The number of carboxylic acids is 2. The van der Waals surface area contributed by atoms with E-state index in [4.69, 9.17) is 9.47 Å². The molecule has 62 heavy (non-hydrogen) atoms. The summed E-state index contributed by atoms with van der Waals surface area (Å²) in [4.78, 5) is 58.7. The third kappa shape index (κ3) is 11.1. The number of rotatable bonds is 20. The van der Waals surface area contributed by atoms with Gasteiger partial charge in [0.15, 0.2) is 0 Å². The van der Waals surface area contributed by atoms with Crippen LogP contribution in [0, 0.1) is 23.7 Å². The number of nitrogens with zero attached hydrogens (tertiary/aromatic N) is 2. The molecule has 0 unspecified atom stereocenters. The van der Waals surface area contributed by atoms with E-state index in [-0.39, 0.29) is 26.2 Å². The lowest BCUT2D eigenvalue weighted by atomic mass is 9.55. The van der Waals surface area contributed by atoms with Gasteiger partial charge in [0, 0.05) is 26.2 Å². The number of benzene rings is 6. The summed E-state index contributed by atoms with van der Waals surface area (Å²) in [7, 11) is 0. The molecule has 0 saturated heterocycles. The zero-order valence-electron chi connectivity index (χ0n) is 34.4. The molecule has 7 rings (SSSR count). The van der Waals surface area contributed by atoms with Crippen LogP contribution in [0.25, 0.3) is 0 Å². The van der Waals surface area contributed by atoms with Gasteiger partial charge in [-0.3, -0.25) is 19.2 Å². The number of para-hydroxylation sites is 2. The molecule has 1 aliphatic carbocycles. The second kappa shape index (κ2) is 20.9. The van der Waals surface area contributed by atoms with Gasteiger partial charge in [-0.2, -0.15) is 0 Å². The molecule has 0 aromatic heterocycles. The van der Waals surface area contributed by atoms with Crippen LogP contribution in [0.5, 0.6) is 23.0 Å². The topological polar surface area (TPSA) is 134 Å². The maximum Gasteiger partial charge on any atom is 0.308 e. The van der Waals surface area contributed by atoms with Crippen molar-refractivity contribution in [1.29, 1.82) is 0 Å². The van der Waals surface area contributed by atoms with Crippen molar-refractivity contribution in [3.05, 3.63) is 192 Å². The molecule has 0 bridgehead atoms. The number of hydrogen-bond donors (Lipinski definition) is 2. The summed E-state index contributed by atoms with van der Waals surface area (Å²) in [6, 6.07) is 52.8. The van der Waals surface area contributed by atoms with Crippen molar-refractivity contribution in [2.24, 2.45) is 23.7 Å². The van der Waals surface area contributed by atoms with Gasteiger partial charge >= 0.3 is 11.9 Å². The maximum atomic E-state index is 14.7. The van der Waals surface area contributed by atoms with Gasteiger partial charge in [-0.15, -0.1) is 0 Å². The summed E-state index contributed by atoms with van der Waals surface area (Å²) in [5.41, 5.74) is 3.67. The van der Waals surface area contributed by atoms with E-state index in [1.165, 1.54) is 0 Å². The van der Waals surface area contributed by atoms with Gasteiger partial charge in [0.05, 0.1) is 23.7 Å². The summed E-state index contributed by atoms with van der Waals surface area (Å²) in [5, 5.41) is 21.4. The third-order valence-corrected chi connectivity index (χ3v) is 11.3. The second-order valence-electron chi connectivity index (χ2n) is 15.6. The van der Waals surface area contributed by atoms with E-state index in [0.717, 1.165) is 22.3 Å². The number of aliphatic carboxylic acids is 2. The first kappa shape index (κ1) is 42.9. The van der Waals surface area contributed by atoms with Crippen LogP contribution in [-0.2, 0) is 45.1 Å². The Hall–Kier alpha value is -7.20. The Morgan fingerprint density at radius 1 is 0.387 bits per heavy atom. The number of aryl methyl sites for hydroxylation is 2. The van der Waals surface area contributed by atoms with Gasteiger partial charge < -0.3 is 29.5 Å².